The van der Waals surface area contributed by atoms with E-state index < -0.39 is 10.3 Å². The third kappa shape index (κ3) is 3.22. The van der Waals surface area contributed by atoms with Crippen LogP contribution in [0, 0.1) is 22.2 Å². The summed E-state index contributed by atoms with van der Waals surface area (Å²) in [6.45, 7) is 1.57. The zero-order valence-electron chi connectivity index (χ0n) is 16.0. The molecule has 2 aromatic carbocycles. The molecule has 2 heterocycles. The van der Waals surface area contributed by atoms with Gasteiger partial charge in [0.15, 0.2) is 0 Å². The highest BCUT2D eigenvalue weighted by Crippen LogP contribution is 2.47. The number of amides is 1. The molecule has 1 saturated heterocycles. The van der Waals surface area contributed by atoms with Gasteiger partial charge in [-0.1, -0.05) is 12.1 Å². The molecule has 1 atom stereocenters. The van der Waals surface area contributed by atoms with Gasteiger partial charge < -0.3 is 9.94 Å². The Morgan fingerprint density at radius 3 is 2.77 bits per heavy atom. The van der Waals surface area contributed by atoms with Crippen LogP contribution in [0.3, 0.4) is 0 Å². The van der Waals surface area contributed by atoms with Gasteiger partial charge in [-0.15, -0.1) is 11.8 Å². The van der Waals surface area contributed by atoms with Gasteiger partial charge in [-0.25, -0.2) is 0 Å². The zero-order chi connectivity index (χ0) is 21.4. The molecule has 3 aromatic rings. The highest BCUT2D eigenvalue weighted by molar-refractivity contribution is 8.00. The third-order valence-corrected chi connectivity index (χ3v) is 6.00. The number of rotatable bonds is 5. The Labute approximate surface area is 174 Å². The lowest BCUT2D eigenvalue weighted by Crippen LogP contribution is -2.28. The minimum absolute atomic E-state index is 0.0652. The molecule has 0 aliphatic carbocycles. The number of ether oxygens (including phenoxy) is 1. The van der Waals surface area contributed by atoms with Crippen molar-refractivity contribution in [3.05, 3.63) is 69.0 Å². The van der Waals surface area contributed by atoms with Crippen LogP contribution in [0.5, 0.6) is 5.75 Å². The lowest BCUT2D eigenvalue weighted by molar-refractivity contribution is -0.806. The topological polar surface area (TPSA) is 126 Å². The van der Waals surface area contributed by atoms with Crippen LogP contribution in [-0.4, -0.2) is 28.8 Å². The quantitative estimate of drug-likeness (QED) is 0.345. The number of anilines is 1. The molecule has 4 rings (SSSR count). The Hall–Kier alpha value is -3.60. The molecule has 10 nitrogen and oxygen atoms in total. The minimum atomic E-state index is -0.605. The van der Waals surface area contributed by atoms with Crippen LogP contribution < -0.4 is 14.5 Å². The maximum atomic E-state index is 12.8. The van der Waals surface area contributed by atoms with Crippen LogP contribution in [0.4, 0.5) is 11.4 Å². The Balaban J connectivity index is 1.85. The van der Waals surface area contributed by atoms with E-state index in [0.717, 1.165) is 0 Å². The molecule has 1 aliphatic rings. The van der Waals surface area contributed by atoms with Crippen LogP contribution >= 0.6 is 11.8 Å². The van der Waals surface area contributed by atoms with Crippen LogP contribution in [0.25, 0.3) is 11.3 Å². The van der Waals surface area contributed by atoms with Gasteiger partial charge in [0.1, 0.15) is 11.1 Å². The molecule has 1 unspecified atom stereocenters. The summed E-state index contributed by atoms with van der Waals surface area (Å²) >= 11 is 1.29. The molecule has 0 N–H and O–H groups in total. The number of para-hydroxylation sites is 1. The van der Waals surface area contributed by atoms with Crippen molar-refractivity contribution in [2.24, 2.45) is 0 Å². The van der Waals surface area contributed by atoms with E-state index >= 15 is 0 Å². The van der Waals surface area contributed by atoms with Gasteiger partial charge in [-0.2, -0.15) is 0 Å². The number of thioether (sulfide) groups is 1. The van der Waals surface area contributed by atoms with Gasteiger partial charge in [0.05, 0.1) is 29.0 Å². The number of aromatic nitrogens is 2. The summed E-state index contributed by atoms with van der Waals surface area (Å²) in [6, 6.07) is 11.3. The lowest BCUT2D eigenvalue weighted by atomic mass is 10.1. The maximum Gasteiger partial charge on any atom is 0.275 e. The molecule has 1 aliphatic heterocycles. The monoisotopic (exact) mass is 428 g/mol. The predicted molar refractivity (Wildman–Crippen MR) is 108 cm³/mol. The van der Waals surface area contributed by atoms with Crippen LogP contribution in [0.2, 0.25) is 0 Å². The summed E-state index contributed by atoms with van der Waals surface area (Å²) in [5.41, 5.74) is 1.92. The second-order valence-electron chi connectivity index (χ2n) is 6.49. The van der Waals surface area contributed by atoms with E-state index in [0.29, 0.717) is 33.2 Å². The zero-order valence-corrected chi connectivity index (χ0v) is 16.8. The second kappa shape index (κ2) is 7.67. The lowest BCUT2D eigenvalue weighted by Gasteiger charge is -2.26. The van der Waals surface area contributed by atoms with Crippen LogP contribution in [0.15, 0.2) is 47.1 Å². The van der Waals surface area contributed by atoms with E-state index in [1.54, 1.807) is 43.3 Å². The first-order valence-corrected chi connectivity index (χ1v) is 9.89. The van der Waals surface area contributed by atoms with Gasteiger partial charge in [0.2, 0.25) is 11.6 Å². The Bertz CT molecular complexity index is 1150. The van der Waals surface area contributed by atoms with Crippen molar-refractivity contribution in [2.75, 3.05) is 17.8 Å². The van der Waals surface area contributed by atoms with E-state index in [4.69, 9.17) is 4.74 Å². The number of carbonyl (C=O) groups is 1. The third-order valence-electron chi connectivity index (χ3n) is 4.80. The van der Waals surface area contributed by atoms with E-state index in [9.17, 15) is 20.1 Å². The largest absolute Gasteiger partial charge is 0.495 e. The molecular weight excluding hydrogens is 412 g/mol. The highest BCUT2D eigenvalue weighted by Gasteiger charge is 2.39. The first-order valence-electron chi connectivity index (χ1n) is 8.84. The molecule has 0 saturated carbocycles. The van der Waals surface area contributed by atoms with E-state index in [2.05, 4.69) is 9.79 Å². The van der Waals surface area contributed by atoms with Crippen molar-refractivity contribution in [1.29, 1.82) is 0 Å². The molecule has 154 valence electrons. The van der Waals surface area contributed by atoms with Gasteiger partial charge in [-0.05, 0) is 29.2 Å². The average Bonchev–Trinajstić information content (AvgIpc) is 3.29. The maximum absolute atomic E-state index is 12.8. The van der Waals surface area contributed by atoms with E-state index in [-0.39, 0.29) is 23.0 Å². The van der Waals surface area contributed by atoms with Gasteiger partial charge in [-0.3, -0.25) is 24.4 Å². The SMILES string of the molecule is COc1ccc(-c2no[n+]([O-])c2C)cc1N1C(=O)CSC1c1ccccc1[N+](=O)[O-]. The number of hydrogen-bond donors (Lipinski definition) is 0. The molecule has 1 aromatic heterocycles. The van der Waals surface area contributed by atoms with Crippen molar-refractivity contribution >= 4 is 29.0 Å². The van der Waals surface area contributed by atoms with E-state index in [1.165, 1.54) is 29.8 Å². The van der Waals surface area contributed by atoms with Crippen LogP contribution in [0.1, 0.15) is 16.6 Å². The summed E-state index contributed by atoms with van der Waals surface area (Å²) in [7, 11) is 1.47. The summed E-state index contributed by atoms with van der Waals surface area (Å²) in [6.07, 6.45) is 0. The fourth-order valence-electron chi connectivity index (χ4n) is 3.36. The molecule has 0 spiro atoms. The highest BCUT2D eigenvalue weighted by atomic mass is 32.2. The van der Waals surface area contributed by atoms with Gasteiger partial charge in [0, 0.05) is 23.7 Å². The summed E-state index contributed by atoms with van der Waals surface area (Å²) in [4.78, 5) is 25.7. The standard InChI is InChI=1S/C19H16N4O6S/c1-11-18(20-29-23(11)27)12-7-8-16(28-2)15(9-12)21-17(24)10-30-19(21)13-5-3-4-6-14(13)22(25)26/h3-9,19H,10H2,1-2H3. The molecule has 0 radical (unpaired) electrons. The fraction of sp³-hybridized carbons (Fsp3) is 0.211. The van der Waals surface area contributed by atoms with Crippen LogP contribution in [-0.2, 0) is 4.79 Å². The summed E-state index contributed by atoms with van der Waals surface area (Å²) in [5, 5.41) is 26.3. The second-order valence-corrected chi connectivity index (χ2v) is 7.56. The fourth-order valence-corrected chi connectivity index (χ4v) is 4.55. The van der Waals surface area contributed by atoms with Gasteiger partial charge >= 0.3 is 0 Å². The van der Waals surface area contributed by atoms with Crippen molar-refractivity contribution in [2.45, 2.75) is 12.3 Å². The molecule has 11 heteroatoms. The first-order chi connectivity index (χ1) is 14.4. The number of nitrogens with zero attached hydrogens (tertiary/aromatic N) is 4. The van der Waals surface area contributed by atoms with Gasteiger partial charge in [0.25, 0.3) is 11.4 Å². The molecular formula is C19H16N4O6S. The van der Waals surface area contributed by atoms with Crippen molar-refractivity contribution < 1.29 is 24.0 Å². The summed E-state index contributed by atoms with van der Waals surface area (Å²) < 4.78 is 10.1. The smallest absolute Gasteiger partial charge is 0.275 e. The Morgan fingerprint density at radius 2 is 2.10 bits per heavy atom. The number of carbonyl (C=O) groups excluding carboxylic acids is 1. The Kier molecular flexibility index (Phi) is 5.04. The Morgan fingerprint density at radius 1 is 1.33 bits per heavy atom. The number of nitro groups is 1. The number of hydrogen-bond acceptors (Lipinski definition) is 8. The summed E-state index contributed by atoms with van der Waals surface area (Å²) in [5.74, 6) is 0.358. The molecule has 1 fully saturated rings. The van der Waals surface area contributed by atoms with Crippen molar-refractivity contribution in [3.63, 3.8) is 0 Å². The number of benzene rings is 2. The van der Waals surface area contributed by atoms with Crippen molar-refractivity contribution in [1.82, 2.24) is 5.16 Å². The normalized spacial score (nSPS) is 16.1. The molecule has 0 bridgehead atoms. The predicted octanol–water partition coefficient (Wildman–Crippen LogP) is 2.98. The minimum Gasteiger partial charge on any atom is -0.495 e. The average molecular weight is 428 g/mol. The number of nitro benzene ring substituents is 1. The van der Waals surface area contributed by atoms with E-state index in [1.807, 2.05) is 0 Å². The molecule has 1 amide bonds. The van der Waals surface area contributed by atoms with Crippen molar-refractivity contribution in [3.8, 4) is 17.0 Å². The first kappa shape index (κ1) is 19.7. The molecule has 30 heavy (non-hydrogen) atoms. The number of methoxy groups -OCH3 is 1.